The predicted octanol–water partition coefficient (Wildman–Crippen LogP) is 16.9. The maximum Gasteiger partial charge on any atom is -0.0297 e. The van der Waals surface area contributed by atoms with E-state index in [-0.39, 0.29) is 0 Å². The van der Waals surface area contributed by atoms with Crippen LogP contribution in [0.5, 0.6) is 0 Å². The highest BCUT2D eigenvalue weighted by Crippen LogP contribution is 2.42. The summed E-state index contributed by atoms with van der Waals surface area (Å²) in [4.78, 5) is 0. The van der Waals surface area contributed by atoms with Crippen molar-refractivity contribution in [2.75, 3.05) is 0 Å². The first-order chi connectivity index (χ1) is 21.2. The largest absolute Gasteiger partial charge is 0.0654 e. The SMILES string of the molecule is CCCCCCCCCCCCCCC(CCCCCCCC)(CCCCCCCCCC)CCCCCCCCCC. The summed E-state index contributed by atoms with van der Waals surface area (Å²) in [5.74, 6) is 0. The fourth-order valence-corrected chi connectivity index (χ4v) is 7.64. The van der Waals surface area contributed by atoms with Gasteiger partial charge in [-0.1, -0.05) is 246 Å². The molecule has 0 radical (unpaired) electrons. The number of unbranched alkanes of at least 4 members (excludes halogenated alkanes) is 30. The van der Waals surface area contributed by atoms with Crippen molar-refractivity contribution in [2.45, 2.75) is 272 Å². The minimum absolute atomic E-state index is 0.674. The van der Waals surface area contributed by atoms with E-state index in [9.17, 15) is 0 Å². The van der Waals surface area contributed by atoms with Crippen LogP contribution in [-0.4, -0.2) is 0 Å². The Morgan fingerprint density at radius 2 is 0.326 bits per heavy atom. The zero-order valence-corrected chi connectivity index (χ0v) is 31.4. The van der Waals surface area contributed by atoms with Crippen molar-refractivity contribution in [1.29, 1.82) is 0 Å². The van der Waals surface area contributed by atoms with Crippen LogP contribution in [0.25, 0.3) is 0 Å². The van der Waals surface area contributed by atoms with Gasteiger partial charge in [-0.15, -0.1) is 0 Å². The van der Waals surface area contributed by atoms with Crippen molar-refractivity contribution < 1.29 is 0 Å². The first-order valence-corrected chi connectivity index (χ1v) is 21.2. The highest BCUT2D eigenvalue weighted by atomic mass is 14.3. The van der Waals surface area contributed by atoms with Crippen molar-refractivity contribution in [3.8, 4) is 0 Å². The first-order valence-electron chi connectivity index (χ1n) is 21.2. The first kappa shape index (κ1) is 43.0. The third-order valence-corrected chi connectivity index (χ3v) is 10.7. The van der Waals surface area contributed by atoms with E-state index in [0.717, 1.165) is 0 Å². The van der Waals surface area contributed by atoms with Gasteiger partial charge in [-0.2, -0.15) is 0 Å². The summed E-state index contributed by atoms with van der Waals surface area (Å²) in [7, 11) is 0. The normalized spacial score (nSPS) is 12.0. The molecule has 0 aromatic rings. The lowest BCUT2D eigenvalue weighted by atomic mass is 9.70. The Kier molecular flexibility index (Phi) is 36.5. The van der Waals surface area contributed by atoms with Gasteiger partial charge in [0.1, 0.15) is 0 Å². The van der Waals surface area contributed by atoms with E-state index < -0.39 is 0 Å². The zero-order valence-electron chi connectivity index (χ0n) is 31.4. The van der Waals surface area contributed by atoms with E-state index in [0.29, 0.717) is 5.41 Å². The minimum atomic E-state index is 0.674. The molecule has 0 aromatic carbocycles. The van der Waals surface area contributed by atoms with Crippen LogP contribution in [0.3, 0.4) is 0 Å². The molecular formula is C43H88. The van der Waals surface area contributed by atoms with Crippen molar-refractivity contribution in [3.05, 3.63) is 0 Å². The van der Waals surface area contributed by atoms with Crippen molar-refractivity contribution in [3.63, 3.8) is 0 Å². The third-order valence-electron chi connectivity index (χ3n) is 10.7. The van der Waals surface area contributed by atoms with Crippen LogP contribution in [0, 0.1) is 5.41 Å². The highest BCUT2D eigenvalue weighted by molar-refractivity contribution is 4.80. The second-order valence-corrected chi connectivity index (χ2v) is 15.1. The van der Waals surface area contributed by atoms with Crippen LogP contribution in [0.2, 0.25) is 0 Å². The summed E-state index contributed by atoms with van der Waals surface area (Å²) in [6.45, 7) is 9.36. The lowest BCUT2D eigenvalue weighted by Crippen LogP contribution is -2.21. The van der Waals surface area contributed by atoms with Crippen LogP contribution >= 0.6 is 0 Å². The summed E-state index contributed by atoms with van der Waals surface area (Å²) in [5, 5.41) is 0. The fourth-order valence-electron chi connectivity index (χ4n) is 7.64. The molecule has 0 fully saturated rings. The van der Waals surface area contributed by atoms with E-state index in [2.05, 4.69) is 27.7 Å². The maximum atomic E-state index is 2.35. The predicted molar refractivity (Wildman–Crippen MR) is 201 cm³/mol. The molecule has 43 heavy (non-hydrogen) atoms. The minimum Gasteiger partial charge on any atom is -0.0654 e. The Bertz CT molecular complexity index is 458. The van der Waals surface area contributed by atoms with Gasteiger partial charge in [-0.05, 0) is 31.1 Å². The maximum absolute atomic E-state index is 2.35. The smallest absolute Gasteiger partial charge is 0.0297 e. The van der Waals surface area contributed by atoms with Crippen LogP contribution in [0.1, 0.15) is 272 Å². The Balaban J connectivity index is 4.72. The zero-order chi connectivity index (χ0) is 31.4. The quantitative estimate of drug-likeness (QED) is 0.0615. The van der Waals surface area contributed by atoms with E-state index >= 15 is 0 Å². The van der Waals surface area contributed by atoms with Crippen LogP contribution in [0.4, 0.5) is 0 Å². The van der Waals surface area contributed by atoms with Gasteiger partial charge in [0.2, 0.25) is 0 Å². The standard InChI is InChI=1S/C43H88/c1-5-9-13-17-21-24-25-26-27-30-34-38-42-43(39-35-31-20-16-12-8-4,40-36-32-28-22-18-14-10-6-2)41-37-33-29-23-19-15-11-7-3/h5-42H2,1-4H3. The van der Waals surface area contributed by atoms with E-state index in [1.165, 1.54) is 218 Å². The van der Waals surface area contributed by atoms with E-state index in [1.807, 2.05) is 0 Å². The van der Waals surface area contributed by atoms with Crippen molar-refractivity contribution >= 4 is 0 Å². The molecule has 0 aliphatic carbocycles. The van der Waals surface area contributed by atoms with E-state index in [1.54, 1.807) is 25.7 Å². The van der Waals surface area contributed by atoms with Gasteiger partial charge in [-0.3, -0.25) is 0 Å². The molecule has 0 heterocycles. The van der Waals surface area contributed by atoms with Crippen LogP contribution in [0.15, 0.2) is 0 Å². The molecule has 0 aliphatic rings. The van der Waals surface area contributed by atoms with Gasteiger partial charge in [0.05, 0.1) is 0 Å². The van der Waals surface area contributed by atoms with Gasteiger partial charge < -0.3 is 0 Å². The molecule has 0 bridgehead atoms. The lowest BCUT2D eigenvalue weighted by Gasteiger charge is -2.35. The molecule has 0 amide bonds. The summed E-state index contributed by atoms with van der Waals surface area (Å²) in [5.41, 5.74) is 0.674. The molecule has 0 atom stereocenters. The highest BCUT2D eigenvalue weighted by Gasteiger charge is 2.28. The summed E-state index contributed by atoms with van der Waals surface area (Å²) in [6.07, 6.45) is 56.2. The van der Waals surface area contributed by atoms with Crippen molar-refractivity contribution in [1.82, 2.24) is 0 Å². The summed E-state index contributed by atoms with van der Waals surface area (Å²) < 4.78 is 0. The average molecular weight is 605 g/mol. The molecule has 0 N–H and O–H groups in total. The second-order valence-electron chi connectivity index (χ2n) is 15.1. The van der Waals surface area contributed by atoms with Crippen LogP contribution < -0.4 is 0 Å². The van der Waals surface area contributed by atoms with Gasteiger partial charge in [0.25, 0.3) is 0 Å². The Morgan fingerprint density at radius 1 is 0.186 bits per heavy atom. The monoisotopic (exact) mass is 605 g/mol. The van der Waals surface area contributed by atoms with Crippen LogP contribution in [-0.2, 0) is 0 Å². The molecule has 260 valence electrons. The number of hydrogen-bond acceptors (Lipinski definition) is 0. The lowest BCUT2D eigenvalue weighted by molar-refractivity contribution is 0.171. The molecule has 0 nitrogen and oxygen atoms in total. The molecule has 0 saturated carbocycles. The molecule has 0 aromatic heterocycles. The van der Waals surface area contributed by atoms with E-state index in [4.69, 9.17) is 0 Å². The summed E-state index contributed by atoms with van der Waals surface area (Å²) in [6, 6.07) is 0. The van der Waals surface area contributed by atoms with Gasteiger partial charge in [-0.25, -0.2) is 0 Å². The fraction of sp³-hybridized carbons (Fsp3) is 1.00. The third kappa shape index (κ3) is 31.8. The molecule has 0 heteroatoms. The average Bonchev–Trinajstić information content (AvgIpc) is 3.02. The molecule has 0 unspecified atom stereocenters. The summed E-state index contributed by atoms with van der Waals surface area (Å²) >= 11 is 0. The molecule has 0 spiro atoms. The molecule has 0 saturated heterocycles. The van der Waals surface area contributed by atoms with Gasteiger partial charge >= 0.3 is 0 Å². The molecule has 0 rings (SSSR count). The number of hydrogen-bond donors (Lipinski definition) is 0. The van der Waals surface area contributed by atoms with Gasteiger partial charge in [0, 0.05) is 0 Å². The number of rotatable bonds is 38. The Hall–Kier alpha value is 0. The van der Waals surface area contributed by atoms with Gasteiger partial charge in [0.15, 0.2) is 0 Å². The molecule has 0 aliphatic heterocycles. The Labute approximate surface area is 276 Å². The van der Waals surface area contributed by atoms with Crippen molar-refractivity contribution in [2.24, 2.45) is 5.41 Å². The topological polar surface area (TPSA) is 0 Å². The molecular weight excluding hydrogens is 516 g/mol. The second kappa shape index (κ2) is 36.5. The Morgan fingerprint density at radius 3 is 0.488 bits per heavy atom.